The molecule has 2 heterocycles. The molecule has 2 saturated carbocycles. The van der Waals surface area contributed by atoms with Gasteiger partial charge in [0.25, 0.3) is 0 Å². The van der Waals surface area contributed by atoms with E-state index in [1.54, 1.807) is 0 Å². The van der Waals surface area contributed by atoms with Crippen molar-refractivity contribution in [1.29, 1.82) is 0 Å². The topological polar surface area (TPSA) is 58.2 Å². The molecule has 0 radical (unpaired) electrons. The SMILES string of the molecule is CC(C)C1CCC(OCC2C(c3ccn[nH]3)CCCN2C(=O)CCC2CC2)CC1. The largest absolute Gasteiger partial charge is 0.376 e. The highest BCUT2D eigenvalue weighted by atomic mass is 16.5. The first-order valence-corrected chi connectivity index (χ1v) is 12.0. The van der Waals surface area contributed by atoms with Gasteiger partial charge in [0, 0.05) is 30.8 Å². The number of rotatable bonds is 8. The minimum Gasteiger partial charge on any atom is -0.376 e. The standard InChI is InChI=1S/C24H39N3O2/c1-17(2)19-8-10-20(11-9-19)29-16-23-21(22-13-14-25-26-22)4-3-15-27(23)24(28)12-7-18-5-6-18/h13-14,17-21,23H,3-12,15-16H2,1-2H3,(H,25,26). The number of H-pyrrole nitrogens is 1. The maximum atomic E-state index is 13.1. The second kappa shape index (κ2) is 9.63. The number of nitrogens with one attached hydrogen (secondary N) is 1. The average molecular weight is 402 g/mol. The third-order valence-electron chi connectivity index (χ3n) is 7.65. The smallest absolute Gasteiger partial charge is 0.222 e. The monoisotopic (exact) mass is 401 g/mol. The van der Waals surface area contributed by atoms with Crippen molar-refractivity contribution in [3.63, 3.8) is 0 Å². The van der Waals surface area contributed by atoms with E-state index in [9.17, 15) is 4.79 Å². The van der Waals surface area contributed by atoms with Gasteiger partial charge in [-0.25, -0.2) is 0 Å². The highest BCUT2D eigenvalue weighted by Crippen LogP contribution is 2.37. The molecule has 1 aliphatic heterocycles. The first-order valence-electron chi connectivity index (χ1n) is 12.0. The highest BCUT2D eigenvalue weighted by Gasteiger charge is 2.37. The summed E-state index contributed by atoms with van der Waals surface area (Å²) in [5, 5.41) is 7.34. The van der Waals surface area contributed by atoms with Gasteiger partial charge in [-0.3, -0.25) is 9.89 Å². The normalized spacial score (nSPS) is 30.7. The van der Waals surface area contributed by atoms with Crippen LogP contribution in [-0.4, -0.2) is 46.3 Å². The van der Waals surface area contributed by atoms with Crippen molar-refractivity contribution in [1.82, 2.24) is 15.1 Å². The van der Waals surface area contributed by atoms with Crippen LogP contribution in [0.1, 0.15) is 89.7 Å². The number of aromatic nitrogens is 2. The zero-order valence-electron chi connectivity index (χ0n) is 18.3. The molecule has 1 saturated heterocycles. The van der Waals surface area contributed by atoms with Gasteiger partial charge in [0.15, 0.2) is 0 Å². The van der Waals surface area contributed by atoms with Crippen molar-refractivity contribution in [2.45, 2.75) is 96.1 Å². The molecule has 1 N–H and O–H groups in total. The van der Waals surface area contributed by atoms with Crippen LogP contribution >= 0.6 is 0 Å². The number of carbonyl (C=O) groups excluding carboxylic acids is 1. The fourth-order valence-electron chi connectivity index (χ4n) is 5.44. The number of piperidine rings is 1. The molecule has 5 nitrogen and oxygen atoms in total. The predicted octanol–water partition coefficient (Wildman–Crippen LogP) is 4.91. The quantitative estimate of drug-likeness (QED) is 0.673. The molecule has 162 valence electrons. The van der Waals surface area contributed by atoms with Crippen LogP contribution in [0.4, 0.5) is 0 Å². The summed E-state index contributed by atoms with van der Waals surface area (Å²) in [5.41, 5.74) is 1.15. The number of nitrogens with zero attached hydrogens (tertiary/aromatic N) is 2. The van der Waals surface area contributed by atoms with E-state index in [2.05, 4.69) is 35.0 Å². The Morgan fingerprint density at radius 3 is 2.66 bits per heavy atom. The summed E-state index contributed by atoms with van der Waals surface area (Å²) in [5.74, 6) is 3.07. The van der Waals surface area contributed by atoms with Crippen molar-refractivity contribution < 1.29 is 9.53 Å². The first-order chi connectivity index (χ1) is 14.1. The molecule has 5 heteroatoms. The Labute approximate surface area is 176 Å². The summed E-state index contributed by atoms with van der Waals surface area (Å²) >= 11 is 0. The lowest BCUT2D eigenvalue weighted by Gasteiger charge is -2.42. The Bertz CT molecular complexity index is 633. The van der Waals surface area contributed by atoms with Crippen LogP contribution < -0.4 is 0 Å². The zero-order valence-corrected chi connectivity index (χ0v) is 18.3. The number of carbonyl (C=O) groups is 1. The van der Waals surface area contributed by atoms with Crippen LogP contribution in [0, 0.1) is 17.8 Å². The molecular weight excluding hydrogens is 362 g/mol. The average Bonchev–Trinajstić information content (AvgIpc) is 3.41. The van der Waals surface area contributed by atoms with Gasteiger partial charge in [0.2, 0.25) is 5.91 Å². The van der Waals surface area contributed by atoms with Gasteiger partial charge < -0.3 is 9.64 Å². The summed E-state index contributed by atoms with van der Waals surface area (Å²) in [6, 6.07) is 2.21. The number of hydrogen-bond donors (Lipinski definition) is 1. The molecule has 3 fully saturated rings. The van der Waals surface area contributed by atoms with Crippen molar-refractivity contribution in [3.05, 3.63) is 18.0 Å². The Hall–Kier alpha value is -1.36. The van der Waals surface area contributed by atoms with Gasteiger partial charge in [-0.05, 0) is 68.8 Å². The fourth-order valence-corrected chi connectivity index (χ4v) is 5.44. The minimum atomic E-state index is 0.138. The van der Waals surface area contributed by atoms with Gasteiger partial charge >= 0.3 is 0 Å². The predicted molar refractivity (Wildman–Crippen MR) is 115 cm³/mol. The van der Waals surface area contributed by atoms with Crippen molar-refractivity contribution >= 4 is 5.91 Å². The molecule has 2 unspecified atom stereocenters. The molecular formula is C24H39N3O2. The molecule has 4 rings (SSSR count). The summed E-state index contributed by atoms with van der Waals surface area (Å²) in [4.78, 5) is 15.2. The van der Waals surface area contributed by atoms with E-state index in [1.807, 2.05) is 6.20 Å². The van der Waals surface area contributed by atoms with Crippen LogP contribution in [-0.2, 0) is 9.53 Å². The molecule has 2 atom stereocenters. The third-order valence-corrected chi connectivity index (χ3v) is 7.65. The van der Waals surface area contributed by atoms with Crippen LogP contribution in [0.25, 0.3) is 0 Å². The van der Waals surface area contributed by atoms with Crippen molar-refractivity contribution in [3.8, 4) is 0 Å². The minimum absolute atomic E-state index is 0.138. The molecule has 0 spiro atoms. The van der Waals surface area contributed by atoms with E-state index in [-0.39, 0.29) is 6.04 Å². The van der Waals surface area contributed by atoms with E-state index in [0.29, 0.717) is 31.0 Å². The van der Waals surface area contributed by atoms with Gasteiger partial charge in [0.1, 0.15) is 0 Å². The second-order valence-corrected chi connectivity index (χ2v) is 10.0. The molecule has 2 aliphatic carbocycles. The van der Waals surface area contributed by atoms with Gasteiger partial charge in [-0.15, -0.1) is 0 Å². The number of amides is 1. The van der Waals surface area contributed by atoms with Crippen LogP contribution in [0.2, 0.25) is 0 Å². The van der Waals surface area contributed by atoms with Crippen LogP contribution in [0.5, 0.6) is 0 Å². The summed E-state index contributed by atoms with van der Waals surface area (Å²) in [6.45, 7) is 6.22. The van der Waals surface area contributed by atoms with E-state index in [4.69, 9.17) is 4.74 Å². The van der Waals surface area contributed by atoms with Crippen LogP contribution in [0.3, 0.4) is 0 Å². The maximum Gasteiger partial charge on any atom is 0.222 e. The lowest BCUT2D eigenvalue weighted by molar-refractivity contribution is -0.138. The maximum absolute atomic E-state index is 13.1. The molecule has 0 bridgehead atoms. The first kappa shape index (κ1) is 20.9. The van der Waals surface area contributed by atoms with E-state index in [1.165, 1.54) is 38.5 Å². The van der Waals surface area contributed by atoms with Crippen molar-refractivity contribution in [2.24, 2.45) is 17.8 Å². The molecule has 3 aliphatic rings. The fraction of sp³-hybridized carbons (Fsp3) is 0.833. The lowest BCUT2D eigenvalue weighted by Crippen LogP contribution is -2.50. The zero-order chi connectivity index (χ0) is 20.2. The summed E-state index contributed by atoms with van der Waals surface area (Å²) < 4.78 is 6.47. The Morgan fingerprint density at radius 1 is 1.21 bits per heavy atom. The Morgan fingerprint density at radius 2 is 2.00 bits per heavy atom. The molecule has 1 aromatic rings. The van der Waals surface area contributed by atoms with E-state index in [0.717, 1.165) is 49.3 Å². The van der Waals surface area contributed by atoms with E-state index >= 15 is 0 Å². The summed E-state index contributed by atoms with van der Waals surface area (Å²) in [7, 11) is 0. The van der Waals surface area contributed by atoms with Gasteiger partial charge in [-0.2, -0.15) is 5.10 Å². The highest BCUT2D eigenvalue weighted by molar-refractivity contribution is 5.76. The number of likely N-dealkylation sites (tertiary alicyclic amines) is 1. The molecule has 1 amide bonds. The molecule has 0 aromatic carbocycles. The van der Waals surface area contributed by atoms with Crippen molar-refractivity contribution in [2.75, 3.05) is 13.2 Å². The third kappa shape index (κ3) is 5.42. The number of hydrogen-bond acceptors (Lipinski definition) is 3. The van der Waals surface area contributed by atoms with Gasteiger partial charge in [0.05, 0.1) is 18.8 Å². The van der Waals surface area contributed by atoms with E-state index < -0.39 is 0 Å². The lowest BCUT2D eigenvalue weighted by atomic mass is 9.80. The number of aromatic amines is 1. The van der Waals surface area contributed by atoms with Gasteiger partial charge in [-0.1, -0.05) is 26.7 Å². The Balaban J connectivity index is 1.38. The number of ether oxygens (including phenoxy) is 1. The molecule has 29 heavy (non-hydrogen) atoms. The van der Waals surface area contributed by atoms with Crippen LogP contribution in [0.15, 0.2) is 12.3 Å². The summed E-state index contributed by atoms with van der Waals surface area (Å²) in [6.07, 6.45) is 13.6. The Kier molecular flexibility index (Phi) is 6.94. The molecule has 1 aromatic heterocycles. The second-order valence-electron chi connectivity index (χ2n) is 10.0.